The van der Waals surface area contributed by atoms with E-state index in [0.717, 1.165) is 11.4 Å². The number of rotatable bonds is 2. The highest BCUT2D eigenvalue weighted by molar-refractivity contribution is 7.18. The van der Waals surface area contributed by atoms with Crippen molar-refractivity contribution in [3.05, 3.63) is 60.0 Å². The Morgan fingerprint density at radius 2 is 1.85 bits per heavy atom. The summed E-state index contributed by atoms with van der Waals surface area (Å²) in [5.74, 6) is 0.878. The van der Waals surface area contributed by atoms with Crippen molar-refractivity contribution >= 4 is 32.5 Å². The predicted molar refractivity (Wildman–Crippen MR) is 85.2 cm³/mol. The number of thiophene rings is 1. The quantitative estimate of drug-likeness (QED) is 0.511. The van der Waals surface area contributed by atoms with Crippen LogP contribution < -0.4 is 4.74 Å². The molecule has 2 nitrogen and oxygen atoms in total. The van der Waals surface area contributed by atoms with Gasteiger partial charge in [0.2, 0.25) is 0 Å². The van der Waals surface area contributed by atoms with Crippen molar-refractivity contribution in [3.63, 3.8) is 0 Å². The fraction of sp³-hybridized carbons (Fsp3) is 0.0588. The van der Waals surface area contributed by atoms with Crippen LogP contribution in [0.4, 0.5) is 0 Å². The van der Waals surface area contributed by atoms with Crippen LogP contribution in [0.1, 0.15) is 0 Å². The first-order valence-electron chi connectivity index (χ1n) is 6.49. The maximum atomic E-state index is 5.35. The largest absolute Gasteiger partial charge is 0.497 e. The van der Waals surface area contributed by atoms with Crippen molar-refractivity contribution in [2.75, 3.05) is 7.11 Å². The van der Waals surface area contributed by atoms with Gasteiger partial charge in [0.15, 0.2) is 0 Å². The first-order chi connectivity index (χ1) is 9.88. The Kier molecular flexibility index (Phi) is 2.54. The van der Waals surface area contributed by atoms with Gasteiger partial charge in [-0.1, -0.05) is 24.3 Å². The summed E-state index contributed by atoms with van der Waals surface area (Å²) >= 11 is 1.79. The van der Waals surface area contributed by atoms with E-state index in [4.69, 9.17) is 4.74 Å². The van der Waals surface area contributed by atoms with E-state index in [9.17, 15) is 0 Å². The molecule has 2 aromatic carbocycles. The van der Waals surface area contributed by atoms with Crippen LogP contribution in [-0.4, -0.2) is 11.7 Å². The number of ether oxygens (including phenoxy) is 1. The van der Waals surface area contributed by atoms with Crippen LogP contribution in [-0.2, 0) is 0 Å². The molecule has 0 saturated heterocycles. The zero-order valence-electron chi connectivity index (χ0n) is 11.0. The molecule has 0 amide bonds. The summed E-state index contributed by atoms with van der Waals surface area (Å²) < 4.78 is 8.98. The molecule has 3 heteroatoms. The molecule has 0 aliphatic heterocycles. The summed E-state index contributed by atoms with van der Waals surface area (Å²) in [6.07, 6.45) is 0. The van der Waals surface area contributed by atoms with Crippen molar-refractivity contribution in [2.45, 2.75) is 0 Å². The van der Waals surface area contributed by atoms with E-state index in [1.165, 1.54) is 21.1 Å². The minimum atomic E-state index is 0.878. The van der Waals surface area contributed by atoms with Crippen molar-refractivity contribution in [1.82, 2.24) is 4.57 Å². The second-order valence-corrected chi connectivity index (χ2v) is 5.61. The van der Waals surface area contributed by atoms with Gasteiger partial charge in [0.05, 0.1) is 22.8 Å². The van der Waals surface area contributed by atoms with Crippen LogP contribution in [0, 0.1) is 0 Å². The van der Waals surface area contributed by atoms with Gasteiger partial charge in [0.1, 0.15) is 5.75 Å². The van der Waals surface area contributed by atoms with Gasteiger partial charge < -0.3 is 9.30 Å². The smallest absolute Gasteiger partial charge is 0.120 e. The molecule has 20 heavy (non-hydrogen) atoms. The van der Waals surface area contributed by atoms with Crippen LogP contribution >= 0.6 is 11.3 Å². The molecule has 0 spiro atoms. The molecule has 0 aliphatic rings. The lowest BCUT2D eigenvalue weighted by molar-refractivity contribution is 0.414. The average Bonchev–Trinajstić information content (AvgIpc) is 3.07. The molecule has 0 unspecified atom stereocenters. The van der Waals surface area contributed by atoms with Crippen LogP contribution in [0.15, 0.2) is 60.0 Å². The van der Waals surface area contributed by atoms with Gasteiger partial charge in [-0.25, -0.2) is 0 Å². The number of methoxy groups -OCH3 is 1. The third-order valence-electron chi connectivity index (χ3n) is 3.59. The highest BCUT2D eigenvalue weighted by atomic mass is 32.1. The number of nitrogens with zero attached hydrogens (tertiary/aromatic N) is 1. The Morgan fingerprint density at radius 1 is 0.950 bits per heavy atom. The summed E-state index contributed by atoms with van der Waals surface area (Å²) in [4.78, 5) is 0. The first kappa shape index (κ1) is 11.6. The molecule has 2 aromatic heterocycles. The van der Waals surface area contributed by atoms with Gasteiger partial charge in [-0.05, 0) is 29.6 Å². The second-order valence-electron chi connectivity index (χ2n) is 4.69. The van der Waals surface area contributed by atoms with E-state index in [2.05, 4.69) is 52.4 Å². The number of benzene rings is 2. The van der Waals surface area contributed by atoms with E-state index < -0.39 is 0 Å². The average molecular weight is 279 g/mol. The molecular formula is C17H13NOS. The van der Waals surface area contributed by atoms with E-state index in [1.54, 1.807) is 18.4 Å². The lowest BCUT2D eigenvalue weighted by Gasteiger charge is -2.08. The maximum absolute atomic E-state index is 5.35. The molecule has 4 rings (SSSR count). The number of para-hydroxylation sites is 1. The molecule has 0 N–H and O–H groups in total. The van der Waals surface area contributed by atoms with E-state index in [-0.39, 0.29) is 0 Å². The Balaban J connectivity index is 2.12. The Bertz CT molecular complexity index is 904. The zero-order valence-corrected chi connectivity index (χ0v) is 11.9. The van der Waals surface area contributed by atoms with Crippen LogP contribution in [0.3, 0.4) is 0 Å². The van der Waals surface area contributed by atoms with Crippen molar-refractivity contribution in [1.29, 1.82) is 0 Å². The number of fused-ring (bicyclic) bond motifs is 3. The third-order valence-corrected chi connectivity index (χ3v) is 4.52. The zero-order chi connectivity index (χ0) is 13.5. The van der Waals surface area contributed by atoms with Crippen LogP contribution in [0.5, 0.6) is 5.75 Å². The van der Waals surface area contributed by atoms with Crippen molar-refractivity contribution < 1.29 is 4.74 Å². The van der Waals surface area contributed by atoms with Crippen LogP contribution in [0.2, 0.25) is 0 Å². The molecule has 0 radical (unpaired) electrons. The monoisotopic (exact) mass is 279 g/mol. The molecule has 0 fully saturated rings. The van der Waals surface area contributed by atoms with E-state index >= 15 is 0 Å². The lowest BCUT2D eigenvalue weighted by Crippen LogP contribution is -1.93. The SMILES string of the molecule is COc1cccc(-n2c3ccccc3c3sccc32)c1. The highest BCUT2D eigenvalue weighted by Gasteiger charge is 2.12. The van der Waals surface area contributed by atoms with Gasteiger partial charge in [-0.15, -0.1) is 11.3 Å². The van der Waals surface area contributed by atoms with Gasteiger partial charge in [0, 0.05) is 17.1 Å². The Labute approximate surface area is 120 Å². The Morgan fingerprint density at radius 3 is 2.75 bits per heavy atom. The number of hydrogen-bond donors (Lipinski definition) is 0. The molecule has 0 aliphatic carbocycles. The van der Waals surface area contributed by atoms with Gasteiger partial charge >= 0.3 is 0 Å². The van der Waals surface area contributed by atoms with Gasteiger partial charge in [0.25, 0.3) is 0 Å². The second kappa shape index (κ2) is 4.39. The van der Waals surface area contributed by atoms with Crippen molar-refractivity contribution in [3.8, 4) is 11.4 Å². The van der Waals surface area contributed by atoms with Crippen LogP contribution in [0.25, 0.3) is 26.8 Å². The van der Waals surface area contributed by atoms with E-state index in [0.29, 0.717) is 0 Å². The van der Waals surface area contributed by atoms with E-state index in [1.807, 2.05) is 12.1 Å². The molecule has 98 valence electrons. The third kappa shape index (κ3) is 1.57. The molecule has 4 aromatic rings. The summed E-state index contributed by atoms with van der Waals surface area (Å²) in [5.41, 5.74) is 3.63. The topological polar surface area (TPSA) is 14.2 Å². The normalized spacial score (nSPS) is 11.2. The fourth-order valence-electron chi connectivity index (χ4n) is 2.70. The Hall–Kier alpha value is -2.26. The molecule has 2 heterocycles. The fourth-order valence-corrected chi connectivity index (χ4v) is 3.61. The van der Waals surface area contributed by atoms with Crippen molar-refractivity contribution in [2.24, 2.45) is 0 Å². The molecule has 0 bridgehead atoms. The summed E-state index contributed by atoms with van der Waals surface area (Å²) in [7, 11) is 1.70. The highest BCUT2D eigenvalue weighted by Crippen LogP contribution is 2.35. The number of aromatic nitrogens is 1. The first-order valence-corrected chi connectivity index (χ1v) is 7.37. The number of hydrogen-bond acceptors (Lipinski definition) is 2. The minimum absolute atomic E-state index is 0.878. The standard InChI is InChI=1S/C17H13NOS/c1-19-13-6-4-5-12(11-13)18-15-8-3-2-7-14(15)17-16(18)9-10-20-17/h2-11H,1H3. The predicted octanol–water partition coefficient (Wildman–Crippen LogP) is 4.85. The summed E-state index contributed by atoms with van der Waals surface area (Å²) in [6.45, 7) is 0. The summed E-state index contributed by atoms with van der Waals surface area (Å²) in [6, 6.07) is 18.9. The van der Waals surface area contributed by atoms with Gasteiger partial charge in [-0.3, -0.25) is 0 Å². The lowest BCUT2D eigenvalue weighted by atomic mass is 10.2. The molecular weight excluding hydrogens is 266 g/mol. The minimum Gasteiger partial charge on any atom is -0.497 e. The molecule has 0 saturated carbocycles. The van der Waals surface area contributed by atoms with Gasteiger partial charge in [-0.2, -0.15) is 0 Å². The maximum Gasteiger partial charge on any atom is 0.120 e. The molecule has 0 atom stereocenters. The summed E-state index contributed by atoms with van der Waals surface area (Å²) in [5, 5.41) is 3.45.